The predicted molar refractivity (Wildman–Crippen MR) is 358 cm³/mol. The number of ketones is 3. The van der Waals surface area contributed by atoms with E-state index in [1.165, 1.54) is 36.4 Å². The Labute approximate surface area is 553 Å². The molecule has 3 aromatic heterocycles. The number of ether oxygens (including phenoxy) is 1. The third-order valence-corrected chi connectivity index (χ3v) is 20.3. The van der Waals surface area contributed by atoms with Gasteiger partial charge in [0.2, 0.25) is 0 Å². The lowest BCUT2D eigenvalue weighted by Crippen LogP contribution is -2.62. The molecule has 19 nitrogen and oxygen atoms in total. The van der Waals surface area contributed by atoms with E-state index in [-0.39, 0.29) is 57.6 Å². The number of Topliss-reactive ketones (excluding diaryl/α,β-unsaturated/α-hetero) is 3. The van der Waals surface area contributed by atoms with Crippen LogP contribution in [0.15, 0.2) is 54.6 Å². The number of hydrogen-bond acceptors (Lipinski definition) is 10. The molecule has 3 saturated carbocycles. The molecule has 3 aliphatic carbocycles. The first kappa shape index (κ1) is 71.9. The number of amides is 6. The highest BCUT2D eigenvalue weighted by molar-refractivity contribution is 6.44. The molecule has 0 unspecified atom stereocenters. The zero-order valence-corrected chi connectivity index (χ0v) is 57.4. The van der Waals surface area contributed by atoms with Gasteiger partial charge in [0.05, 0.1) is 33.8 Å². The first-order valence-electron chi connectivity index (χ1n) is 32.4. The Morgan fingerprint density at radius 2 is 0.863 bits per heavy atom. The van der Waals surface area contributed by atoms with Crippen LogP contribution in [0.2, 0.25) is 0 Å². The van der Waals surface area contributed by atoms with Crippen molar-refractivity contribution in [2.24, 2.45) is 44.3 Å². The second-order valence-electron chi connectivity index (χ2n) is 27.2. The molecule has 4 aliphatic rings. The van der Waals surface area contributed by atoms with Gasteiger partial charge in [-0.25, -0.2) is 13.2 Å². The average Bonchev–Trinajstić information content (AvgIpc) is 1.02. The van der Waals surface area contributed by atoms with E-state index >= 15 is 0 Å². The summed E-state index contributed by atoms with van der Waals surface area (Å²) in [6.45, 7) is 24.8. The van der Waals surface area contributed by atoms with Gasteiger partial charge in [-0.3, -0.25) is 43.2 Å². The minimum absolute atomic E-state index is 0.00589. The van der Waals surface area contributed by atoms with Crippen LogP contribution in [0.5, 0.6) is 0 Å². The summed E-state index contributed by atoms with van der Waals surface area (Å²) in [6, 6.07) is 12.9. The van der Waals surface area contributed by atoms with E-state index < -0.39 is 52.8 Å². The normalized spacial score (nSPS) is 20.1. The Bertz CT molecular complexity index is 4070. The molecule has 508 valence electrons. The summed E-state index contributed by atoms with van der Waals surface area (Å²) in [5.41, 5.74) is 6.93. The van der Waals surface area contributed by atoms with Crippen LogP contribution in [0.1, 0.15) is 198 Å². The number of carbonyl (C=O) groups is 9. The summed E-state index contributed by atoms with van der Waals surface area (Å²) in [6.07, 6.45) is 8.19. The quantitative estimate of drug-likeness (QED) is 0.0419. The van der Waals surface area contributed by atoms with Crippen molar-refractivity contribution in [3.05, 3.63) is 156 Å². The van der Waals surface area contributed by atoms with Crippen LogP contribution in [0.25, 0.3) is 0 Å². The largest absolute Gasteiger partial charge is 0.381 e. The van der Waals surface area contributed by atoms with E-state index in [1.54, 1.807) is 115 Å². The molecule has 6 aromatic rings. The molecule has 0 radical (unpaired) electrons. The molecule has 10 rings (SSSR count). The number of rotatable bonds is 15. The van der Waals surface area contributed by atoms with Crippen molar-refractivity contribution in [3.63, 3.8) is 0 Å². The van der Waals surface area contributed by atoms with Gasteiger partial charge in [-0.05, 0) is 225 Å². The second-order valence-corrected chi connectivity index (χ2v) is 27.2. The summed E-state index contributed by atoms with van der Waals surface area (Å²) >= 11 is 0. The number of carbonyl (C=O) groups excluding carboxylic acids is 9. The highest BCUT2D eigenvalue weighted by Gasteiger charge is 2.54. The Morgan fingerprint density at radius 1 is 0.495 bits per heavy atom. The summed E-state index contributed by atoms with van der Waals surface area (Å²) in [5, 5.41) is 17.0. The molecule has 22 heteroatoms. The Balaban J connectivity index is 0.000000183. The molecule has 1 aliphatic heterocycles. The summed E-state index contributed by atoms with van der Waals surface area (Å²) in [7, 11) is 5.01. The molecular weight excluding hydrogens is 1220 g/mol. The van der Waals surface area contributed by atoms with Gasteiger partial charge >= 0.3 is 0 Å². The highest BCUT2D eigenvalue weighted by Crippen LogP contribution is 2.53. The smallest absolute Gasteiger partial charge is 0.294 e. The third-order valence-electron chi connectivity index (χ3n) is 20.3. The maximum atomic E-state index is 13.6. The molecule has 4 heterocycles. The van der Waals surface area contributed by atoms with Crippen molar-refractivity contribution in [2.45, 2.75) is 165 Å². The van der Waals surface area contributed by atoms with Crippen molar-refractivity contribution in [1.29, 1.82) is 0 Å². The number of nitrogens with one attached hydrogen (secondary N) is 6. The maximum absolute atomic E-state index is 13.6. The van der Waals surface area contributed by atoms with Gasteiger partial charge in [0.25, 0.3) is 52.8 Å². The molecular formula is C73H90F3N9O10. The summed E-state index contributed by atoms with van der Waals surface area (Å²) in [4.78, 5) is 116. The van der Waals surface area contributed by atoms with Crippen LogP contribution >= 0.6 is 0 Å². The molecule has 95 heavy (non-hydrogen) atoms. The number of benzene rings is 3. The van der Waals surface area contributed by atoms with Crippen molar-refractivity contribution >= 4 is 69.9 Å². The number of nitrogens with zero attached hydrogens (tertiary/aromatic N) is 3. The average molecular weight is 1310 g/mol. The molecule has 0 bridgehead atoms. The van der Waals surface area contributed by atoms with Crippen LogP contribution in [0.3, 0.4) is 0 Å². The van der Waals surface area contributed by atoms with E-state index in [1.807, 2.05) is 6.92 Å². The van der Waals surface area contributed by atoms with Gasteiger partial charge in [0.1, 0.15) is 17.5 Å². The predicted octanol–water partition coefficient (Wildman–Crippen LogP) is 11.9. The fourth-order valence-corrected chi connectivity index (χ4v) is 14.7. The molecule has 1 saturated heterocycles. The first-order chi connectivity index (χ1) is 44.6. The Kier molecular flexibility index (Phi) is 21.9. The standard InChI is InChI=1S/C26H32FN3O4.C24H30FN3O3.C23H28FN3O3/c1-14-12-18(6-7-19(14)27)28-24(32)21-16(3)22(30(5)17(21)4)23(31)25(33)29-20-13-15(2)26(20)8-10-34-11-9-26;1-13-7-6-8-17(11-13)27-24(31)22(29)21-15(3)20(16(4)28(21)5)23(30)26-18-9-10-19(25)14(2)12-18;1-12-10-23(5,11-12)26-22(30)20(28)19-14(3)18(15(4)27(19)6)21(29)25-16-7-8-17(24)13(2)9-16/h6-7,12,15,20H,8-11,13H2,1-5H3,(H,28,32)(H,29,33);9-10,12-13,17H,6-8,11H2,1-5H3,(H,26,30)(H,27,31);7-9,12H,10-11H2,1-6H3,(H,25,29)(H,26,30)/t15-,20-;13-,17-;/m00./s1. The maximum Gasteiger partial charge on any atom is 0.294 e. The van der Waals surface area contributed by atoms with Gasteiger partial charge in [-0.1, -0.05) is 33.6 Å². The fraction of sp³-hybridized carbons (Fsp3) is 0.466. The summed E-state index contributed by atoms with van der Waals surface area (Å²) in [5.74, 6) is -4.65. The second kappa shape index (κ2) is 29.0. The Morgan fingerprint density at radius 3 is 1.21 bits per heavy atom. The van der Waals surface area contributed by atoms with Crippen molar-refractivity contribution in [2.75, 3.05) is 29.2 Å². The number of aromatic nitrogens is 3. The fourth-order valence-electron chi connectivity index (χ4n) is 14.7. The zero-order valence-electron chi connectivity index (χ0n) is 57.4. The lowest BCUT2D eigenvalue weighted by Gasteiger charge is -2.57. The number of anilines is 3. The molecule has 1 spiro atoms. The van der Waals surface area contributed by atoms with Gasteiger partial charge in [0.15, 0.2) is 0 Å². The minimum Gasteiger partial charge on any atom is -0.381 e. The molecule has 4 atom stereocenters. The lowest BCUT2D eigenvalue weighted by molar-refractivity contribution is -0.129. The van der Waals surface area contributed by atoms with E-state index in [0.29, 0.717) is 115 Å². The molecule has 3 aromatic carbocycles. The van der Waals surface area contributed by atoms with Gasteiger partial charge in [0, 0.05) is 86.1 Å². The van der Waals surface area contributed by atoms with Gasteiger partial charge in [-0.15, -0.1) is 0 Å². The third kappa shape index (κ3) is 15.1. The number of aryl methyl sites for hydroxylation is 3. The summed E-state index contributed by atoms with van der Waals surface area (Å²) < 4.78 is 50.8. The van der Waals surface area contributed by atoms with E-state index in [9.17, 15) is 56.3 Å². The lowest BCUT2D eigenvalue weighted by atomic mass is 9.53. The number of halogens is 3. The van der Waals surface area contributed by atoms with E-state index in [2.05, 4.69) is 52.7 Å². The molecule has 6 N–H and O–H groups in total. The van der Waals surface area contributed by atoms with Crippen LogP contribution in [0.4, 0.5) is 30.2 Å². The minimum atomic E-state index is -0.658. The topological polar surface area (TPSA) is 250 Å². The van der Waals surface area contributed by atoms with Crippen LogP contribution < -0.4 is 31.9 Å². The zero-order chi connectivity index (χ0) is 70.0. The number of hydrogen-bond donors (Lipinski definition) is 6. The van der Waals surface area contributed by atoms with Gasteiger partial charge < -0.3 is 50.3 Å². The van der Waals surface area contributed by atoms with Gasteiger partial charge in [-0.2, -0.15) is 0 Å². The Hall–Kier alpha value is -8.92. The van der Waals surface area contributed by atoms with Crippen molar-refractivity contribution < 1.29 is 61.1 Å². The SMILES string of the molecule is Cc1cc(NC(=O)c2c(C)c(C(=O)C(=O)NC3(C)CC(C)C3)n(C)c2C)ccc1F.Cc1cc(NC(=O)c2c(C)c(C(=O)C(=O)N[C@H]3CCC[C@H](C)C3)n(C)c2C)ccc1F.Cc1cc(NC(=O)c2c(C)c(C(=O)C(=O)N[C@H]3C[C@H](C)C34CCOCC4)n(C)c2C)ccc1F. The van der Waals surface area contributed by atoms with Crippen LogP contribution in [-0.4, -0.2) is 97.3 Å². The highest BCUT2D eigenvalue weighted by atomic mass is 19.1. The monoisotopic (exact) mass is 1310 g/mol. The molecule has 4 fully saturated rings. The van der Waals surface area contributed by atoms with Crippen molar-refractivity contribution in [1.82, 2.24) is 29.7 Å². The molecule has 6 amide bonds. The van der Waals surface area contributed by atoms with E-state index in [0.717, 1.165) is 57.8 Å². The van der Waals surface area contributed by atoms with Crippen molar-refractivity contribution in [3.8, 4) is 0 Å². The van der Waals surface area contributed by atoms with Crippen LogP contribution in [0, 0.1) is 103 Å². The van der Waals surface area contributed by atoms with Crippen LogP contribution in [-0.2, 0) is 40.3 Å². The first-order valence-corrected chi connectivity index (χ1v) is 32.4. The van der Waals surface area contributed by atoms with E-state index in [4.69, 9.17) is 4.74 Å².